The number of carbonyl (C=O) groups excluding carboxylic acids is 2. The molecule has 1 saturated carbocycles. The van der Waals surface area contributed by atoms with E-state index in [2.05, 4.69) is 32.0 Å². The van der Waals surface area contributed by atoms with Gasteiger partial charge in [0.15, 0.2) is 16.1 Å². The summed E-state index contributed by atoms with van der Waals surface area (Å²) in [6.07, 6.45) is 9.65. The third kappa shape index (κ3) is 8.29. The number of nitrogens with zero attached hydrogens (tertiary/aromatic N) is 2. The van der Waals surface area contributed by atoms with Gasteiger partial charge < -0.3 is 19.7 Å². The summed E-state index contributed by atoms with van der Waals surface area (Å²) in [5.74, 6) is 0.499. The summed E-state index contributed by atoms with van der Waals surface area (Å²) in [7, 11) is -5.10. The predicted octanol–water partition coefficient (Wildman–Crippen LogP) is 4.16. The summed E-state index contributed by atoms with van der Waals surface area (Å²) in [6.45, 7) is 8.69. The van der Waals surface area contributed by atoms with Gasteiger partial charge in [0.2, 0.25) is 10.0 Å². The Bertz CT molecular complexity index is 2050. The largest absolute Gasteiger partial charge is 0.490 e. The molecular weight excluding hydrogens is 776 g/mol. The maximum absolute atomic E-state index is 13.4. The van der Waals surface area contributed by atoms with Crippen LogP contribution in [0.2, 0.25) is 5.02 Å². The second-order valence-corrected chi connectivity index (χ2v) is 21.5. The predicted molar refractivity (Wildman–Crippen MR) is 218 cm³/mol. The van der Waals surface area contributed by atoms with Crippen molar-refractivity contribution in [1.82, 2.24) is 14.9 Å². The number of halogens is 1. The van der Waals surface area contributed by atoms with Crippen LogP contribution in [-0.4, -0.2) is 115 Å². The first-order valence-electron chi connectivity index (χ1n) is 19.9. The Morgan fingerprint density at radius 3 is 2.46 bits per heavy atom. The van der Waals surface area contributed by atoms with Crippen LogP contribution in [-0.2, 0) is 41.2 Å². The molecule has 2 N–H and O–H groups in total. The standard InChI is InChI=1S/C34H41ClN2O6S.C7H14N2O2S/c1-22-6-4-15-34(20-38,42-3)29-11-8-26(29)18-37-19-33(14-5-7-24-16-27(35)10-12-28(24)33)21-43-31-13-9-25(17-30(31)37)32(39)36-44(40,41)23(22)2;10-12(11)3-1-9(2-4-12)7-5-8-6-7/h4,9-10,12-13,15-17,20,22-23,26,29H,5-8,11,14,18-19,21H2,1-3H3,(H,36,39);7-8H,1-6H2/b15-4+;/t22-,23+,26-,29+,33-,34+;/m0./s1. The minimum Gasteiger partial charge on any atom is -0.490 e. The number of hydrogen-bond acceptors (Lipinski definition) is 11. The highest BCUT2D eigenvalue weighted by atomic mass is 35.5. The van der Waals surface area contributed by atoms with Crippen LogP contribution in [0.25, 0.3) is 0 Å². The number of fused-ring (bicyclic) bond motifs is 4. The van der Waals surface area contributed by atoms with Crippen molar-refractivity contribution in [3.63, 3.8) is 0 Å². The lowest BCUT2D eigenvalue weighted by atomic mass is 9.64. The number of hydrogen-bond donors (Lipinski definition) is 2. The fraction of sp³-hybridized carbons (Fsp3) is 0.610. The Kier molecular flexibility index (Phi) is 12.0. The lowest BCUT2D eigenvalue weighted by molar-refractivity contribution is -0.135. The lowest BCUT2D eigenvalue weighted by Crippen LogP contribution is -2.60. The lowest BCUT2D eigenvalue weighted by Gasteiger charge is -2.48. The van der Waals surface area contributed by atoms with E-state index in [0.29, 0.717) is 54.4 Å². The number of rotatable bonds is 3. The van der Waals surface area contributed by atoms with E-state index in [-0.39, 0.29) is 28.7 Å². The molecule has 1 amide bonds. The first kappa shape index (κ1) is 41.2. The van der Waals surface area contributed by atoms with Crippen LogP contribution in [0.4, 0.5) is 5.69 Å². The third-order valence-electron chi connectivity index (χ3n) is 13.4. The van der Waals surface area contributed by atoms with E-state index in [1.165, 1.54) is 11.1 Å². The number of carbonyl (C=O) groups is 2. The monoisotopic (exact) mass is 830 g/mol. The van der Waals surface area contributed by atoms with Crippen molar-refractivity contribution in [1.29, 1.82) is 0 Å². The van der Waals surface area contributed by atoms with E-state index in [0.717, 1.165) is 70.3 Å². The molecule has 2 saturated heterocycles. The van der Waals surface area contributed by atoms with Gasteiger partial charge in [-0.1, -0.05) is 30.7 Å². The molecular formula is C41H55ClN4O8S2. The Balaban J connectivity index is 0.000000339. The number of methoxy groups -OCH3 is 1. The van der Waals surface area contributed by atoms with Crippen molar-refractivity contribution >= 4 is 49.3 Å². The molecule has 8 rings (SSSR count). The number of sulfonamides is 1. The van der Waals surface area contributed by atoms with Crippen LogP contribution in [0.1, 0.15) is 67.4 Å². The van der Waals surface area contributed by atoms with E-state index in [1.807, 2.05) is 25.1 Å². The molecule has 306 valence electrons. The molecule has 4 aliphatic heterocycles. The van der Waals surface area contributed by atoms with Crippen molar-refractivity contribution in [2.75, 3.05) is 69.4 Å². The third-order valence-corrected chi connectivity index (χ3v) is 17.1. The van der Waals surface area contributed by atoms with Crippen LogP contribution < -0.4 is 19.7 Å². The summed E-state index contributed by atoms with van der Waals surface area (Å²) in [5.41, 5.74) is 2.05. The molecule has 56 heavy (non-hydrogen) atoms. The summed E-state index contributed by atoms with van der Waals surface area (Å²) >= 11 is 6.40. The molecule has 6 atom stereocenters. The Morgan fingerprint density at radius 2 is 1.80 bits per heavy atom. The van der Waals surface area contributed by atoms with Crippen LogP contribution >= 0.6 is 11.6 Å². The molecule has 15 heteroatoms. The maximum Gasteiger partial charge on any atom is 0.264 e. The number of aldehydes is 1. The number of aryl methyl sites for hydroxylation is 1. The van der Waals surface area contributed by atoms with Crippen molar-refractivity contribution in [2.24, 2.45) is 17.8 Å². The van der Waals surface area contributed by atoms with Crippen molar-refractivity contribution in [2.45, 2.75) is 74.7 Å². The minimum absolute atomic E-state index is 0.0434. The number of anilines is 1. The van der Waals surface area contributed by atoms with Gasteiger partial charge in [-0.2, -0.15) is 0 Å². The van der Waals surface area contributed by atoms with E-state index in [4.69, 9.17) is 21.1 Å². The second-order valence-electron chi connectivity index (χ2n) is 16.7. The highest BCUT2D eigenvalue weighted by Gasteiger charge is 2.49. The highest BCUT2D eigenvalue weighted by Crippen LogP contribution is 2.48. The van der Waals surface area contributed by atoms with Gasteiger partial charge in [-0.3, -0.25) is 14.5 Å². The summed E-state index contributed by atoms with van der Waals surface area (Å²) in [6, 6.07) is 11.9. The Morgan fingerprint density at radius 1 is 1.04 bits per heavy atom. The number of allylic oxidation sites excluding steroid dienone is 1. The molecule has 3 fully saturated rings. The van der Waals surface area contributed by atoms with E-state index < -0.39 is 36.6 Å². The van der Waals surface area contributed by atoms with Gasteiger partial charge in [-0.05, 0) is 105 Å². The number of benzene rings is 2. The average Bonchev–Trinajstić information content (AvgIpc) is 3.28. The minimum atomic E-state index is -3.97. The molecule has 2 bridgehead atoms. The molecule has 4 heterocycles. The molecule has 6 aliphatic rings. The van der Waals surface area contributed by atoms with E-state index in [1.54, 1.807) is 32.2 Å². The molecule has 0 aromatic heterocycles. The molecule has 0 unspecified atom stereocenters. The Hall–Kier alpha value is -3.01. The fourth-order valence-corrected chi connectivity index (χ4v) is 12.0. The summed E-state index contributed by atoms with van der Waals surface area (Å²) in [4.78, 5) is 30.7. The van der Waals surface area contributed by atoms with Gasteiger partial charge in [-0.25, -0.2) is 21.6 Å². The molecule has 1 spiro atoms. The normalized spacial score (nSPS) is 33.4. The zero-order valence-corrected chi connectivity index (χ0v) is 34.9. The zero-order chi connectivity index (χ0) is 39.9. The van der Waals surface area contributed by atoms with Crippen LogP contribution in [0.5, 0.6) is 5.75 Å². The molecule has 0 radical (unpaired) electrons. The maximum atomic E-state index is 13.4. The second kappa shape index (κ2) is 16.3. The van der Waals surface area contributed by atoms with Gasteiger partial charge in [-0.15, -0.1) is 0 Å². The van der Waals surface area contributed by atoms with Crippen LogP contribution in [0.15, 0.2) is 48.6 Å². The first-order chi connectivity index (χ1) is 26.7. The molecule has 2 aliphatic carbocycles. The molecule has 2 aromatic rings. The zero-order valence-electron chi connectivity index (χ0n) is 32.5. The fourth-order valence-electron chi connectivity index (χ4n) is 9.31. The van der Waals surface area contributed by atoms with Gasteiger partial charge in [0, 0.05) is 74.3 Å². The quantitative estimate of drug-likeness (QED) is 0.339. The SMILES string of the molecule is CO[C@@]1(C=O)/C=C/C[C@H](C)[C@@H](C)S(=O)(=O)NC(=O)c2ccc3c(c2)N(C[C@@H]2CC[C@H]21)C[C@@]1(CCCc2cc(Cl)ccc21)CO3.O=S1(=O)CCN(C2CNC2)CC1. The molecule has 12 nitrogen and oxygen atoms in total. The average molecular weight is 831 g/mol. The van der Waals surface area contributed by atoms with Gasteiger partial charge in [0.1, 0.15) is 11.4 Å². The summed E-state index contributed by atoms with van der Waals surface area (Å²) < 4.78 is 63.5. The number of nitrogens with one attached hydrogen (secondary N) is 2. The van der Waals surface area contributed by atoms with Gasteiger partial charge in [0.25, 0.3) is 5.91 Å². The van der Waals surface area contributed by atoms with Crippen LogP contribution in [0.3, 0.4) is 0 Å². The van der Waals surface area contributed by atoms with Crippen molar-refractivity contribution in [3.8, 4) is 5.75 Å². The van der Waals surface area contributed by atoms with Crippen molar-refractivity contribution < 1.29 is 35.9 Å². The topological polar surface area (TPSA) is 151 Å². The first-order valence-corrected chi connectivity index (χ1v) is 23.6. The van der Waals surface area contributed by atoms with Gasteiger partial charge in [0.05, 0.1) is 29.0 Å². The summed E-state index contributed by atoms with van der Waals surface area (Å²) in [5, 5.41) is 3.07. The smallest absolute Gasteiger partial charge is 0.264 e. The molecule has 2 aromatic carbocycles. The van der Waals surface area contributed by atoms with Crippen molar-refractivity contribution in [3.05, 3.63) is 70.3 Å². The Labute approximate surface area is 336 Å². The van der Waals surface area contributed by atoms with Gasteiger partial charge >= 0.3 is 0 Å². The van der Waals surface area contributed by atoms with E-state index >= 15 is 0 Å². The van der Waals surface area contributed by atoms with E-state index in [9.17, 15) is 26.4 Å². The number of amides is 1. The number of sulfone groups is 1. The highest BCUT2D eigenvalue weighted by molar-refractivity contribution is 7.91. The number of ether oxygens (including phenoxy) is 2. The van der Waals surface area contributed by atoms with Crippen LogP contribution in [0, 0.1) is 17.8 Å².